The third-order valence-corrected chi connectivity index (χ3v) is 3.34. The molecule has 1 aromatic carbocycles. The van der Waals surface area contributed by atoms with E-state index in [1.807, 2.05) is 0 Å². The normalized spacial score (nSPS) is 12.4. The summed E-state index contributed by atoms with van der Waals surface area (Å²) >= 11 is 3.31. The lowest BCUT2D eigenvalue weighted by molar-refractivity contribution is 0.558. The van der Waals surface area contributed by atoms with Crippen molar-refractivity contribution in [2.75, 3.05) is 5.73 Å². The highest BCUT2D eigenvalue weighted by atomic mass is 79.9. The number of anilines is 1. The zero-order chi connectivity index (χ0) is 13.1. The second-order valence-corrected chi connectivity index (χ2v) is 4.59. The molecule has 1 heterocycles. The fourth-order valence-corrected chi connectivity index (χ4v) is 2.34. The summed E-state index contributed by atoms with van der Waals surface area (Å²) in [5.41, 5.74) is 9.96. The molecule has 2 aromatic rings. The van der Waals surface area contributed by atoms with Gasteiger partial charge in [0.05, 0.1) is 6.04 Å². The number of hydrogen-bond donors (Lipinski definition) is 3. The van der Waals surface area contributed by atoms with Gasteiger partial charge in [-0.2, -0.15) is 0 Å². The molecule has 0 aliphatic heterocycles. The van der Waals surface area contributed by atoms with Crippen LogP contribution in [0.2, 0.25) is 0 Å². The van der Waals surface area contributed by atoms with Crippen molar-refractivity contribution in [2.24, 2.45) is 5.84 Å². The third kappa shape index (κ3) is 2.35. The molecule has 0 radical (unpaired) electrons. The molecule has 2 rings (SSSR count). The number of benzene rings is 1. The summed E-state index contributed by atoms with van der Waals surface area (Å²) in [6.45, 7) is 0. The smallest absolute Gasteiger partial charge is 0.129 e. The van der Waals surface area contributed by atoms with Gasteiger partial charge in [-0.15, -0.1) is 0 Å². The number of hydrazine groups is 1. The molecule has 0 saturated heterocycles. The van der Waals surface area contributed by atoms with E-state index in [2.05, 4.69) is 26.3 Å². The van der Waals surface area contributed by atoms with Crippen LogP contribution in [0, 0.1) is 5.82 Å². The van der Waals surface area contributed by atoms with E-state index in [-0.39, 0.29) is 5.82 Å². The lowest BCUT2D eigenvalue weighted by Gasteiger charge is -2.20. The molecule has 0 aliphatic rings. The van der Waals surface area contributed by atoms with Crippen molar-refractivity contribution in [1.82, 2.24) is 10.4 Å². The molecule has 94 valence electrons. The Bertz CT molecular complexity index is 541. The van der Waals surface area contributed by atoms with Gasteiger partial charge in [0.1, 0.15) is 5.82 Å². The fraction of sp³-hybridized carbons (Fsp3) is 0.0833. The Labute approximate surface area is 112 Å². The van der Waals surface area contributed by atoms with Gasteiger partial charge in [0.15, 0.2) is 0 Å². The van der Waals surface area contributed by atoms with Crippen LogP contribution in [0.25, 0.3) is 0 Å². The number of nitrogens with one attached hydrogen (secondary N) is 1. The van der Waals surface area contributed by atoms with Crippen LogP contribution >= 0.6 is 15.9 Å². The number of rotatable bonds is 3. The van der Waals surface area contributed by atoms with E-state index in [9.17, 15) is 4.39 Å². The summed E-state index contributed by atoms with van der Waals surface area (Å²) in [5.74, 6) is 5.16. The van der Waals surface area contributed by atoms with E-state index in [1.165, 1.54) is 6.07 Å². The lowest BCUT2D eigenvalue weighted by atomic mass is 9.99. The van der Waals surface area contributed by atoms with Crippen LogP contribution in [0.5, 0.6) is 0 Å². The largest absolute Gasteiger partial charge is 0.398 e. The van der Waals surface area contributed by atoms with Gasteiger partial charge in [-0.25, -0.2) is 9.82 Å². The monoisotopic (exact) mass is 310 g/mol. The van der Waals surface area contributed by atoms with Gasteiger partial charge in [-0.3, -0.25) is 10.8 Å². The summed E-state index contributed by atoms with van der Waals surface area (Å²) in [6, 6.07) is 5.82. The van der Waals surface area contributed by atoms with Crippen molar-refractivity contribution >= 4 is 21.6 Å². The van der Waals surface area contributed by atoms with E-state index in [1.54, 1.807) is 30.6 Å². The van der Waals surface area contributed by atoms with Crippen LogP contribution in [0.3, 0.4) is 0 Å². The van der Waals surface area contributed by atoms with E-state index in [0.717, 1.165) is 0 Å². The first-order valence-electron chi connectivity index (χ1n) is 5.24. The van der Waals surface area contributed by atoms with Crippen molar-refractivity contribution in [1.29, 1.82) is 0 Å². The van der Waals surface area contributed by atoms with Crippen molar-refractivity contribution in [2.45, 2.75) is 6.04 Å². The van der Waals surface area contributed by atoms with Crippen LogP contribution in [0.15, 0.2) is 41.1 Å². The molecular formula is C12H12BrFN4. The molecule has 0 spiro atoms. The maximum atomic E-state index is 13.9. The topological polar surface area (TPSA) is 77.0 Å². The standard InChI is InChI=1S/C12H12BrFN4/c13-8-2-1-3-9(14)11(8)12(18-16)7-6-17-5-4-10(7)15/h1-6,12,18H,16H2,(H2,15,17). The quantitative estimate of drug-likeness (QED) is 0.599. The van der Waals surface area contributed by atoms with Crippen molar-refractivity contribution in [3.05, 3.63) is 58.1 Å². The Morgan fingerprint density at radius 3 is 2.72 bits per heavy atom. The minimum atomic E-state index is -0.561. The van der Waals surface area contributed by atoms with E-state index < -0.39 is 6.04 Å². The zero-order valence-electron chi connectivity index (χ0n) is 9.40. The third-order valence-electron chi connectivity index (χ3n) is 2.65. The maximum Gasteiger partial charge on any atom is 0.129 e. The molecule has 6 heteroatoms. The SMILES string of the molecule is NNC(c1cnccc1N)c1c(F)cccc1Br. The van der Waals surface area contributed by atoms with Gasteiger partial charge >= 0.3 is 0 Å². The molecule has 4 nitrogen and oxygen atoms in total. The van der Waals surface area contributed by atoms with Gasteiger partial charge < -0.3 is 5.73 Å². The molecule has 0 amide bonds. The van der Waals surface area contributed by atoms with Crippen LogP contribution in [0.4, 0.5) is 10.1 Å². The second kappa shape index (κ2) is 5.43. The van der Waals surface area contributed by atoms with Gasteiger partial charge in [-0.05, 0) is 18.2 Å². The molecule has 0 saturated carbocycles. The summed E-state index contributed by atoms with van der Waals surface area (Å²) in [4.78, 5) is 3.99. The Balaban J connectivity index is 2.56. The van der Waals surface area contributed by atoms with Gasteiger partial charge in [-0.1, -0.05) is 22.0 Å². The van der Waals surface area contributed by atoms with Crippen molar-refractivity contribution in [3.8, 4) is 0 Å². The summed E-state index contributed by atoms with van der Waals surface area (Å²) in [7, 11) is 0. The summed E-state index contributed by atoms with van der Waals surface area (Å²) in [5, 5.41) is 0. The minimum absolute atomic E-state index is 0.365. The number of nitrogens with zero attached hydrogens (tertiary/aromatic N) is 1. The number of halogens is 2. The molecular weight excluding hydrogens is 299 g/mol. The highest BCUT2D eigenvalue weighted by molar-refractivity contribution is 9.10. The van der Waals surface area contributed by atoms with Crippen LogP contribution in [-0.2, 0) is 0 Å². The second-order valence-electron chi connectivity index (χ2n) is 3.74. The lowest BCUT2D eigenvalue weighted by Crippen LogP contribution is -2.30. The average Bonchev–Trinajstić information content (AvgIpc) is 2.35. The average molecular weight is 311 g/mol. The minimum Gasteiger partial charge on any atom is -0.398 e. The molecule has 1 unspecified atom stereocenters. The molecule has 0 bridgehead atoms. The number of pyridine rings is 1. The van der Waals surface area contributed by atoms with Gasteiger partial charge in [0.2, 0.25) is 0 Å². The number of aromatic nitrogens is 1. The van der Waals surface area contributed by atoms with Crippen molar-refractivity contribution in [3.63, 3.8) is 0 Å². The molecule has 0 aliphatic carbocycles. The van der Waals surface area contributed by atoms with E-state index in [4.69, 9.17) is 11.6 Å². The maximum absolute atomic E-state index is 13.9. The Kier molecular flexibility index (Phi) is 3.90. The van der Waals surface area contributed by atoms with Crippen LogP contribution in [0.1, 0.15) is 17.2 Å². The molecule has 18 heavy (non-hydrogen) atoms. The Morgan fingerprint density at radius 1 is 1.33 bits per heavy atom. The first-order chi connectivity index (χ1) is 8.65. The van der Waals surface area contributed by atoms with Gasteiger partial charge in [0.25, 0.3) is 0 Å². The fourth-order valence-electron chi connectivity index (χ4n) is 1.77. The Hall–Kier alpha value is -1.50. The van der Waals surface area contributed by atoms with Crippen LogP contribution < -0.4 is 17.0 Å². The molecule has 1 atom stereocenters. The number of nitrogens with two attached hydrogens (primary N) is 2. The predicted molar refractivity (Wildman–Crippen MR) is 71.9 cm³/mol. The molecule has 5 N–H and O–H groups in total. The number of hydrogen-bond acceptors (Lipinski definition) is 4. The van der Waals surface area contributed by atoms with Crippen LogP contribution in [-0.4, -0.2) is 4.98 Å². The first-order valence-corrected chi connectivity index (χ1v) is 6.04. The first kappa shape index (κ1) is 12.9. The summed E-state index contributed by atoms with van der Waals surface area (Å²) < 4.78 is 14.5. The van der Waals surface area contributed by atoms with E-state index in [0.29, 0.717) is 21.3 Å². The molecule has 0 fully saturated rings. The highest BCUT2D eigenvalue weighted by Crippen LogP contribution is 2.32. The highest BCUT2D eigenvalue weighted by Gasteiger charge is 2.21. The summed E-state index contributed by atoms with van der Waals surface area (Å²) in [6.07, 6.45) is 3.14. The van der Waals surface area contributed by atoms with Crippen molar-refractivity contribution < 1.29 is 4.39 Å². The number of nitrogen functional groups attached to an aromatic ring is 1. The van der Waals surface area contributed by atoms with E-state index >= 15 is 0 Å². The zero-order valence-corrected chi connectivity index (χ0v) is 11.0. The molecule has 1 aromatic heterocycles. The predicted octanol–water partition coefficient (Wildman–Crippen LogP) is 2.12. The van der Waals surface area contributed by atoms with Gasteiger partial charge in [0, 0.05) is 33.7 Å². The Morgan fingerprint density at radius 2 is 2.11 bits per heavy atom.